The first-order valence-corrected chi connectivity index (χ1v) is 4.24. The molecule has 0 saturated carbocycles. The largest absolute Gasteiger partial charge is 0.354 e. The zero-order chi connectivity index (χ0) is 9.56. The molecule has 0 heterocycles. The zero-order valence-electron chi connectivity index (χ0n) is 8.22. The first-order chi connectivity index (χ1) is 5.56. The molecule has 0 aliphatic heterocycles. The molecule has 0 aromatic carbocycles. The summed E-state index contributed by atoms with van der Waals surface area (Å²) in [6.45, 7) is 8.18. The first-order valence-electron chi connectivity index (χ1n) is 3.86. The maximum atomic E-state index is 5.58. The maximum absolute atomic E-state index is 5.58. The van der Waals surface area contributed by atoms with Crippen molar-refractivity contribution in [1.29, 1.82) is 0 Å². The molecule has 0 saturated heterocycles. The highest BCUT2D eigenvalue weighted by atomic mass is 127. The van der Waals surface area contributed by atoms with E-state index in [1.807, 2.05) is 13.8 Å². The predicted octanol–water partition coefficient (Wildman–Crippen LogP) is 1.93. The van der Waals surface area contributed by atoms with E-state index in [9.17, 15) is 0 Å². The first kappa shape index (κ1) is 15.5. The van der Waals surface area contributed by atoms with Crippen LogP contribution in [0.1, 0.15) is 13.8 Å². The van der Waals surface area contributed by atoms with E-state index in [0.717, 1.165) is 5.96 Å². The van der Waals surface area contributed by atoms with Gasteiger partial charge in [-0.25, -0.2) is 0 Å². The van der Waals surface area contributed by atoms with Crippen molar-refractivity contribution >= 4 is 41.5 Å². The van der Waals surface area contributed by atoms with Crippen molar-refractivity contribution in [1.82, 2.24) is 10.6 Å². The van der Waals surface area contributed by atoms with E-state index in [1.54, 1.807) is 7.05 Å². The minimum absolute atomic E-state index is 0. The minimum Gasteiger partial charge on any atom is -0.354 e. The van der Waals surface area contributed by atoms with Crippen molar-refractivity contribution in [3.8, 4) is 0 Å². The van der Waals surface area contributed by atoms with Crippen LogP contribution in [0.5, 0.6) is 0 Å². The summed E-state index contributed by atoms with van der Waals surface area (Å²) in [6, 6.07) is 0.361. The summed E-state index contributed by atoms with van der Waals surface area (Å²) in [4.78, 5) is 3.99. The molecule has 0 rings (SSSR count). The van der Waals surface area contributed by atoms with Crippen LogP contribution < -0.4 is 10.6 Å². The van der Waals surface area contributed by atoms with Crippen LogP contribution in [0.2, 0.25) is 0 Å². The third kappa shape index (κ3) is 9.95. The highest BCUT2D eigenvalue weighted by Crippen LogP contribution is 1.91. The average molecular weight is 318 g/mol. The van der Waals surface area contributed by atoms with E-state index in [4.69, 9.17) is 11.6 Å². The molecule has 13 heavy (non-hydrogen) atoms. The molecule has 0 unspecified atom stereocenters. The Morgan fingerprint density at radius 2 is 2.08 bits per heavy atom. The molecule has 0 amide bonds. The zero-order valence-corrected chi connectivity index (χ0v) is 11.3. The normalized spacial score (nSPS) is 10.7. The molecule has 0 aliphatic rings. The molecular formula is C8H17ClIN3. The third-order valence-electron chi connectivity index (χ3n) is 1.10. The number of nitrogens with one attached hydrogen (secondary N) is 2. The summed E-state index contributed by atoms with van der Waals surface area (Å²) < 4.78 is 0. The van der Waals surface area contributed by atoms with Gasteiger partial charge in [0.25, 0.3) is 0 Å². The smallest absolute Gasteiger partial charge is 0.191 e. The lowest BCUT2D eigenvalue weighted by Gasteiger charge is -2.13. The standard InChI is InChI=1S/C8H16ClN3.HI/c1-6(2)12-8(10-4)11-5-7(3)9;/h6H,3,5H2,1-2,4H3,(H2,10,11,12);1H. The van der Waals surface area contributed by atoms with Crippen LogP contribution >= 0.6 is 35.6 Å². The number of hydrogen-bond donors (Lipinski definition) is 2. The molecule has 0 aromatic rings. The number of hydrogen-bond acceptors (Lipinski definition) is 1. The van der Waals surface area contributed by atoms with Crippen LogP contribution in [0, 0.1) is 0 Å². The summed E-state index contributed by atoms with van der Waals surface area (Å²) in [5.74, 6) is 0.742. The van der Waals surface area contributed by atoms with Gasteiger partial charge in [-0.05, 0) is 13.8 Å². The second kappa shape index (κ2) is 8.62. The fourth-order valence-electron chi connectivity index (χ4n) is 0.648. The van der Waals surface area contributed by atoms with E-state index in [-0.39, 0.29) is 24.0 Å². The van der Waals surface area contributed by atoms with E-state index in [1.165, 1.54) is 0 Å². The molecule has 0 atom stereocenters. The second-order valence-corrected chi connectivity index (χ2v) is 3.28. The molecular weight excluding hydrogens is 300 g/mol. The fourth-order valence-corrected chi connectivity index (χ4v) is 0.715. The molecule has 0 spiro atoms. The molecule has 2 N–H and O–H groups in total. The maximum Gasteiger partial charge on any atom is 0.191 e. The van der Waals surface area contributed by atoms with Crippen LogP contribution in [0.3, 0.4) is 0 Å². The number of halogens is 2. The monoisotopic (exact) mass is 317 g/mol. The number of nitrogens with zero attached hydrogens (tertiary/aromatic N) is 1. The van der Waals surface area contributed by atoms with Gasteiger partial charge in [-0.2, -0.15) is 0 Å². The van der Waals surface area contributed by atoms with E-state index in [2.05, 4.69) is 22.2 Å². The van der Waals surface area contributed by atoms with Crippen molar-refractivity contribution in [2.45, 2.75) is 19.9 Å². The Kier molecular flexibility index (Phi) is 10.3. The Hall–Kier alpha value is 0.0300. The van der Waals surface area contributed by atoms with Gasteiger partial charge in [0.1, 0.15) is 0 Å². The van der Waals surface area contributed by atoms with Crippen LogP contribution in [0.25, 0.3) is 0 Å². The Morgan fingerprint density at radius 3 is 2.38 bits per heavy atom. The highest BCUT2D eigenvalue weighted by molar-refractivity contribution is 14.0. The Labute approximate surface area is 102 Å². The molecule has 78 valence electrons. The average Bonchev–Trinajstić information content (AvgIpc) is 1.97. The van der Waals surface area contributed by atoms with Crippen LogP contribution in [0.15, 0.2) is 16.6 Å². The predicted molar refractivity (Wildman–Crippen MR) is 70.0 cm³/mol. The van der Waals surface area contributed by atoms with Gasteiger partial charge in [0, 0.05) is 18.1 Å². The van der Waals surface area contributed by atoms with Gasteiger partial charge < -0.3 is 10.6 Å². The Morgan fingerprint density at radius 1 is 1.54 bits per heavy atom. The van der Waals surface area contributed by atoms with Crippen molar-refractivity contribution < 1.29 is 0 Å². The summed E-state index contributed by atoms with van der Waals surface area (Å²) in [7, 11) is 1.72. The molecule has 0 fully saturated rings. The summed E-state index contributed by atoms with van der Waals surface area (Å²) in [6.07, 6.45) is 0. The summed E-state index contributed by atoms with van der Waals surface area (Å²) >= 11 is 5.58. The van der Waals surface area contributed by atoms with Gasteiger partial charge in [-0.1, -0.05) is 18.2 Å². The van der Waals surface area contributed by atoms with Crippen LogP contribution in [-0.2, 0) is 0 Å². The van der Waals surface area contributed by atoms with Crippen molar-refractivity contribution in [3.05, 3.63) is 11.6 Å². The number of aliphatic imine (C=N–C) groups is 1. The van der Waals surface area contributed by atoms with Crippen molar-refractivity contribution in [3.63, 3.8) is 0 Å². The number of guanidine groups is 1. The molecule has 0 bridgehead atoms. The van der Waals surface area contributed by atoms with Crippen molar-refractivity contribution in [2.24, 2.45) is 4.99 Å². The third-order valence-corrected chi connectivity index (χ3v) is 1.23. The molecule has 3 nitrogen and oxygen atoms in total. The minimum atomic E-state index is 0. The highest BCUT2D eigenvalue weighted by Gasteiger charge is 1.98. The van der Waals surface area contributed by atoms with E-state index in [0.29, 0.717) is 17.6 Å². The molecule has 5 heteroatoms. The van der Waals surface area contributed by atoms with Gasteiger partial charge in [0.15, 0.2) is 5.96 Å². The summed E-state index contributed by atoms with van der Waals surface area (Å²) in [5, 5.41) is 6.70. The van der Waals surface area contributed by atoms with Crippen LogP contribution in [0.4, 0.5) is 0 Å². The van der Waals surface area contributed by atoms with Gasteiger partial charge in [0.2, 0.25) is 0 Å². The lowest BCUT2D eigenvalue weighted by molar-refractivity contribution is 0.708. The lowest BCUT2D eigenvalue weighted by atomic mass is 10.4. The van der Waals surface area contributed by atoms with Gasteiger partial charge >= 0.3 is 0 Å². The van der Waals surface area contributed by atoms with E-state index < -0.39 is 0 Å². The lowest BCUT2D eigenvalue weighted by Crippen LogP contribution is -2.41. The van der Waals surface area contributed by atoms with Crippen LogP contribution in [-0.4, -0.2) is 25.6 Å². The Balaban J connectivity index is 0. The number of rotatable bonds is 3. The van der Waals surface area contributed by atoms with Crippen molar-refractivity contribution in [2.75, 3.05) is 13.6 Å². The van der Waals surface area contributed by atoms with Gasteiger partial charge in [0.05, 0.1) is 6.54 Å². The summed E-state index contributed by atoms with van der Waals surface area (Å²) in [5.41, 5.74) is 0. The van der Waals surface area contributed by atoms with Gasteiger partial charge in [-0.15, -0.1) is 24.0 Å². The quantitative estimate of drug-likeness (QED) is 0.474. The van der Waals surface area contributed by atoms with Gasteiger partial charge in [-0.3, -0.25) is 4.99 Å². The Bertz CT molecular complexity index is 180. The van der Waals surface area contributed by atoms with E-state index >= 15 is 0 Å². The molecule has 0 radical (unpaired) electrons. The topological polar surface area (TPSA) is 36.4 Å². The fraction of sp³-hybridized carbons (Fsp3) is 0.625. The SMILES string of the molecule is C=C(Cl)CNC(=NC)NC(C)C.I. The second-order valence-electron chi connectivity index (χ2n) is 2.74. The molecule has 0 aromatic heterocycles. The molecule has 0 aliphatic carbocycles.